The van der Waals surface area contributed by atoms with Gasteiger partial charge in [0.2, 0.25) is 0 Å². The Balaban J connectivity index is 2.76. The Hall–Kier alpha value is -2.18. The van der Waals surface area contributed by atoms with Gasteiger partial charge in [0, 0.05) is 5.92 Å². The molecular formula is C12H16N4O3. The lowest BCUT2D eigenvalue weighted by molar-refractivity contribution is -0.138. The van der Waals surface area contributed by atoms with Crippen molar-refractivity contribution in [2.24, 2.45) is 0 Å². The molecule has 0 radical (unpaired) electrons. The zero-order chi connectivity index (χ0) is 14.2. The van der Waals surface area contributed by atoms with Crippen molar-refractivity contribution < 1.29 is 9.90 Å². The molecular weight excluding hydrogens is 248 g/mol. The van der Waals surface area contributed by atoms with Crippen molar-refractivity contribution in [1.82, 2.24) is 19.4 Å². The summed E-state index contributed by atoms with van der Waals surface area (Å²) in [5.74, 6) is -0.479. The minimum absolute atomic E-state index is 0.0350. The van der Waals surface area contributed by atoms with E-state index in [0.717, 1.165) is 10.4 Å². The minimum Gasteiger partial charge on any atom is -0.480 e. The number of fused-ring (bicyclic) bond motifs is 1. The summed E-state index contributed by atoms with van der Waals surface area (Å²) in [6.07, 6.45) is 0.706. The summed E-state index contributed by atoms with van der Waals surface area (Å²) in [7, 11) is 0. The number of aryl methyl sites for hydroxylation is 1. The Kier molecular flexibility index (Phi) is 3.37. The lowest BCUT2D eigenvalue weighted by atomic mass is 10.2. The molecule has 2 aromatic rings. The van der Waals surface area contributed by atoms with Crippen LogP contribution >= 0.6 is 0 Å². The molecule has 0 amide bonds. The van der Waals surface area contributed by atoms with E-state index in [9.17, 15) is 9.59 Å². The number of carboxylic acids is 1. The molecule has 102 valence electrons. The predicted molar refractivity (Wildman–Crippen MR) is 68.3 cm³/mol. The van der Waals surface area contributed by atoms with Crippen LogP contribution in [-0.4, -0.2) is 30.5 Å². The topological polar surface area (TPSA) is 89.5 Å². The zero-order valence-corrected chi connectivity index (χ0v) is 11.1. The van der Waals surface area contributed by atoms with Crippen molar-refractivity contribution in [3.05, 3.63) is 27.9 Å². The largest absolute Gasteiger partial charge is 0.480 e. The van der Waals surface area contributed by atoms with Crippen LogP contribution in [0.2, 0.25) is 0 Å². The van der Waals surface area contributed by atoms with Gasteiger partial charge in [-0.1, -0.05) is 20.8 Å². The van der Waals surface area contributed by atoms with Gasteiger partial charge in [0.05, 0.1) is 5.69 Å². The van der Waals surface area contributed by atoms with Crippen molar-refractivity contribution >= 4 is 11.5 Å². The Bertz CT molecular complexity index is 684. The van der Waals surface area contributed by atoms with E-state index in [1.54, 1.807) is 6.07 Å². The number of nitrogens with zero attached hydrogens (tertiary/aromatic N) is 4. The molecule has 2 aromatic heterocycles. The van der Waals surface area contributed by atoms with Gasteiger partial charge in [-0.05, 0) is 12.5 Å². The van der Waals surface area contributed by atoms with E-state index in [4.69, 9.17) is 5.11 Å². The van der Waals surface area contributed by atoms with Crippen LogP contribution in [0, 0.1) is 0 Å². The van der Waals surface area contributed by atoms with E-state index in [2.05, 4.69) is 10.2 Å². The number of hydrogen-bond acceptors (Lipinski definition) is 4. The van der Waals surface area contributed by atoms with Crippen molar-refractivity contribution in [2.75, 3.05) is 0 Å². The summed E-state index contributed by atoms with van der Waals surface area (Å²) in [6.45, 7) is 5.34. The van der Waals surface area contributed by atoms with Gasteiger partial charge >= 0.3 is 5.97 Å². The van der Waals surface area contributed by atoms with Crippen molar-refractivity contribution in [3.8, 4) is 0 Å². The second-order valence-electron chi connectivity index (χ2n) is 4.66. The van der Waals surface area contributed by atoms with Crippen LogP contribution in [0.25, 0.3) is 5.52 Å². The minimum atomic E-state index is -1.09. The molecule has 0 atom stereocenters. The van der Waals surface area contributed by atoms with E-state index in [-0.39, 0.29) is 5.92 Å². The highest BCUT2D eigenvalue weighted by Gasteiger charge is 2.16. The number of aliphatic carboxylic acids is 1. The Morgan fingerprint density at radius 3 is 2.63 bits per heavy atom. The second kappa shape index (κ2) is 4.83. The molecule has 2 heterocycles. The van der Waals surface area contributed by atoms with E-state index in [0.29, 0.717) is 17.8 Å². The van der Waals surface area contributed by atoms with E-state index in [1.807, 2.05) is 20.8 Å². The molecule has 1 N–H and O–H groups in total. The predicted octanol–water partition coefficient (Wildman–Crippen LogP) is 0.661. The molecule has 0 aliphatic heterocycles. The molecule has 7 nitrogen and oxygen atoms in total. The summed E-state index contributed by atoms with van der Waals surface area (Å²) in [5.41, 5.74) is 0.727. The van der Waals surface area contributed by atoms with Crippen LogP contribution < -0.4 is 5.56 Å². The van der Waals surface area contributed by atoms with E-state index >= 15 is 0 Å². The molecule has 0 bridgehead atoms. The van der Waals surface area contributed by atoms with Crippen molar-refractivity contribution in [2.45, 2.75) is 39.7 Å². The fraction of sp³-hybridized carbons (Fsp3) is 0.500. The molecule has 0 saturated carbocycles. The summed E-state index contributed by atoms with van der Waals surface area (Å²) >= 11 is 0. The van der Waals surface area contributed by atoms with Crippen molar-refractivity contribution in [3.63, 3.8) is 0 Å². The lowest BCUT2D eigenvalue weighted by Gasteiger charge is -2.10. The first kappa shape index (κ1) is 13.3. The maximum Gasteiger partial charge on any atom is 0.325 e. The molecule has 7 heteroatoms. The third kappa shape index (κ3) is 2.35. The number of carboxylic acid groups (broad SMARTS) is 1. The summed E-state index contributed by atoms with van der Waals surface area (Å²) in [4.78, 5) is 22.9. The van der Waals surface area contributed by atoms with Crippen LogP contribution in [0.5, 0.6) is 0 Å². The third-order valence-corrected chi connectivity index (χ3v) is 2.82. The highest BCUT2D eigenvalue weighted by atomic mass is 16.4. The number of hydrogen-bond donors (Lipinski definition) is 1. The van der Waals surface area contributed by atoms with Crippen molar-refractivity contribution in [1.29, 1.82) is 0 Å². The van der Waals surface area contributed by atoms with Gasteiger partial charge in [-0.15, -0.1) is 0 Å². The standard InChI is InChI=1S/C12H16N4O3/c1-4-8-5-9-12(19)15(6-10(17)18)14-11(7(2)3)16(9)13-8/h5,7H,4,6H2,1-3H3,(H,17,18). The monoisotopic (exact) mass is 264 g/mol. The number of carbonyl (C=O) groups is 1. The lowest BCUT2D eigenvalue weighted by Crippen LogP contribution is -2.30. The first-order valence-electron chi connectivity index (χ1n) is 6.15. The SMILES string of the molecule is CCc1cc2c(=O)n(CC(=O)O)nc(C(C)C)n2n1. The molecule has 0 aromatic carbocycles. The zero-order valence-electron chi connectivity index (χ0n) is 11.1. The van der Waals surface area contributed by atoms with E-state index in [1.165, 1.54) is 4.52 Å². The van der Waals surface area contributed by atoms with Crippen LogP contribution in [0.1, 0.15) is 38.2 Å². The molecule has 0 aliphatic carbocycles. The summed E-state index contributed by atoms with van der Waals surface area (Å²) < 4.78 is 2.50. The normalized spacial score (nSPS) is 11.4. The first-order chi connectivity index (χ1) is 8.93. The third-order valence-electron chi connectivity index (χ3n) is 2.82. The maximum absolute atomic E-state index is 12.1. The number of rotatable bonds is 4. The van der Waals surface area contributed by atoms with Gasteiger partial charge in [-0.3, -0.25) is 9.59 Å². The maximum atomic E-state index is 12.1. The average Bonchev–Trinajstić information content (AvgIpc) is 2.76. The van der Waals surface area contributed by atoms with Gasteiger partial charge in [-0.25, -0.2) is 9.20 Å². The smallest absolute Gasteiger partial charge is 0.325 e. The van der Waals surface area contributed by atoms with Crippen LogP contribution in [0.3, 0.4) is 0 Å². The van der Waals surface area contributed by atoms with Crippen LogP contribution in [0.15, 0.2) is 10.9 Å². The fourth-order valence-corrected chi connectivity index (χ4v) is 1.87. The Morgan fingerprint density at radius 1 is 1.42 bits per heavy atom. The number of aromatic nitrogens is 4. The van der Waals surface area contributed by atoms with Gasteiger partial charge < -0.3 is 5.11 Å². The summed E-state index contributed by atoms with van der Waals surface area (Å²) in [6, 6.07) is 1.69. The fourth-order valence-electron chi connectivity index (χ4n) is 1.87. The molecule has 0 saturated heterocycles. The van der Waals surface area contributed by atoms with Crippen LogP contribution in [0.4, 0.5) is 0 Å². The first-order valence-corrected chi connectivity index (χ1v) is 6.15. The van der Waals surface area contributed by atoms with Gasteiger partial charge in [-0.2, -0.15) is 10.2 Å². The molecule has 0 fully saturated rings. The molecule has 19 heavy (non-hydrogen) atoms. The highest BCUT2D eigenvalue weighted by molar-refractivity contribution is 5.66. The van der Waals surface area contributed by atoms with Gasteiger partial charge in [0.15, 0.2) is 5.82 Å². The van der Waals surface area contributed by atoms with Gasteiger partial charge in [0.25, 0.3) is 5.56 Å². The quantitative estimate of drug-likeness (QED) is 0.876. The van der Waals surface area contributed by atoms with Crippen LogP contribution in [-0.2, 0) is 17.8 Å². The molecule has 0 unspecified atom stereocenters. The Labute approximate surface area is 109 Å². The van der Waals surface area contributed by atoms with E-state index < -0.39 is 18.1 Å². The summed E-state index contributed by atoms with van der Waals surface area (Å²) in [5, 5.41) is 17.3. The second-order valence-corrected chi connectivity index (χ2v) is 4.66. The highest BCUT2D eigenvalue weighted by Crippen LogP contribution is 2.12. The molecule has 0 spiro atoms. The Morgan fingerprint density at radius 2 is 2.11 bits per heavy atom. The molecule has 2 rings (SSSR count). The average molecular weight is 264 g/mol. The molecule has 0 aliphatic rings. The van der Waals surface area contributed by atoms with Gasteiger partial charge in [0.1, 0.15) is 12.1 Å².